The predicted molar refractivity (Wildman–Crippen MR) is 86.3 cm³/mol. The van der Waals surface area contributed by atoms with Gasteiger partial charge in [-0.3, -0.25) is 10.1 Å². The number of nitro groups is 1. The fourth-order valence-corrected chi connectivity index (χ4v) is 2.65. The molecule has 0 saturated carbocycles. The maximum absolute atomic E-state index is 11.1. The first-order valence-corrected chi connectivity index (χ1v) is 7.52. The number of hydrogen-bond donors (Lipinski definition) is 1. The molecule has 2 rings (SSSR count). The van der Waals surface area contributed by atoms with Gasteiger partial charge in [0.2, 0.25) is 5.75 Å². The molecule has 1 heterocycles. The van der Waals surface area contributed by atoms with Gasteiger partial charge in [0.05, 0.1) is 17.1 Å². The van der Waals surface area contributed by atoms with E-state index in [-0.39, 0.29) is 17.9 Å². The molecule has 0 radical (unpaired) electrons. The largest absolute Gasteiger partial charge is 0.500 e. The summed E-state index contributed by atoms with van der Waals surface area (Å²) in [6, 6.07) is 4.67. The molecule has 0 bridgehead atoms. The standard InChI is InChI=1S/C15H13N3O4S/c1-3-22-13-6-10(5-12(14(13)19)18(20)21)4-11(7-16)15-17-9(2)8-23-15/h4-6,8,19H,3H2,1-2H3/b11-4-. The summed E-state index contributed by atoms with van der Waals surface area (Å²) in [6.45, 7) is 3.76. The number of nitriles is 1. The maximum Gasteiger partial charge on any atom is 0.315 e. The molecule has 1 aromatic carbocycles. The van der Waals surface area contributed by atoms with E-state index in [0.717, 1.165) is 5.69 Å². The van der Waals surface area contributed by atoms with E-state index in [1.54, 1.807) is 6.92 Å². The fraction of sp³-hybridized carbons (Fsp3) is 0.200. The van der Waals surface area contributed by atoms with Crippen molar-refractivity contribution < 1.29 is 14.8 Å². The van der Waals surface area contributed by atoms with Gasteiger partial charge in [-0.2, -0.15) is 5.26 Å². The van der Waals surface area contributed by atoms with Gasteiger partial charge in [0.15, 0.2) is 5.75 Å². The summed E-state index contributed by atoms with van der Waals surface area (Å²) in [5, 5.41) is 32.5. The van der Waals surface area contributed by atoms with Gasteiger partial charge < -0.3 is 9.84 Å². The molecular weight excluding hydrogens is 318 g/mol. The van der Waals surface area contributed by atoms with E-state index < -0.39 is 16.4 Å². The summed E-state index contributed by atoms with van der Waals surface area (Å²) in [5.41, 5.74) is 0.973. The van der Waals surface area contributed by atoms with Crippen LogP contribution in [0.4, 0.5) is 5.69 Å². The second kappa shape index (κ2) is 6.89. The first-order chi connectivity index (χ1) is 11.0. The van der Waals surface area contributed by atoms with Crippen molar-refractivity contribution in [1.29, 1.82) is 5.26 Å². The first-order valence-electron chi connectivity index (χ1n) is 6.64. The van der Waals surface area contributed by atoms with Gasteiger partial charge >= 0.3 is 5.69 Å². The molecule has 2 aromatic rings. The van der Waals surface area contributed by atoms with Crippen LogP contribution in [0.1, 0.15) is 23.2 Å². The molecule has 8 heteroatoms. The van der Waals surface area contributed by atoms with Crippen LogP contribution in [0, 0.1) is 28.4 Å². The Morgan fingerprint density at radius 1 is 1.61 bits per heavy atom. The first kappa shape index (κ1) is 16.5. The van der Waals surface area contributed by atoms with Crippen molar-refractivity contribution in [3.05, 3.63) is 43.9 Å². The Bertz CT molecular complexity index is 821. The molecule has 0 amide bonds. The topological polar surface area (TPSA) is 109 Å². The number of nitrogens with zero attached hydrogens (tertiary/aromatic N) is 3. The van der Waals surface area contributed by atoms with Crippen LogP contribution in [0.15, 0.2) is 17.5 Å². The van der Waals surface area contributed by atoms with Gasteiger partial charge in [0.25, 0.3) is 0 Å². The smallest absolute Gasteiger partial charge is 0.315 e. The van der Waals surface area contributed by atoms with E-state index >= 15 is 0 Å². The normalized spacial score (nSPS) is 11.1. The maximum atomic E-state index is 11.1. The van der Waals surface area contributed by atoms with Crippen molar-refractivity contribution in [3.8, 4) is 17.6 Å². The molecule has 0 aliphatic carbocycles. The lowest BCUT2D eigenvalue weighted by Gasteiger charge is -2.07. The van der Waals surface area contributed by atoms with E-state index in [1.807, 2.05) is 18.4 Å². The Morgan fingerprint density at radius 2 is 2.35 bits per heavy atom. The molecule has 0 saturated heterocycles. The molecule has 1 N–H and O–H groups in total. The van der Waals surface area contributed by atoms with Crippen LogP contribution in [0.5, 0.6) is 11.5 Å². The highest BCUT2D eigenvalue weighted by molar-refractivity contribution is 7.11. The number of ether oxygens (including phenoxy) is 1. The summed E-state index contributed by atoms with van der Waals surface area (Å²) in [5.74, 6) is -0.529. The molecular formula is C15H13N3O4S. The van der Waals surface area contributed by atoms with Gasteiger partial charge in [-0.15, -0.1) is 11.3 Å². The third kappa shape index (κ3) is 3.64. The van der Waals surface area contributed by atoms with E-state index in [0.29, 0.717) is 10.6 Å². The Hall–Kier alpha value is -2.92. The minimum atomic E-state index is -0.700. The molecule has 0 aliphatic rings. The van der Waals surface area contributed by atoms with Gasteiger partial charge in [0, 0.05) is 17.1 Å². The Kier molecular flexibility index (Phi) is 4.93. The van der Waals surface area contributed by atoms with Crippen LogP contribution < -0.4 is 4.74 Å². The number of allylic oxidation sites excluding steroid dienone is 1. The van der Waals surface area contributed by atoms with E-state index in [2.05, 4.69) is 4.98 Å². The summed E-state index contributed by atoms with van der Waals surface area (Å²) in [6.07, 6.45) is 1.48. The van der Waals surface area contributed by atoms with E-state index in [1.165, 1.54) is 29.5 Å². The van der Waals surface area contributed by atoms with Crippen molar-refractivity contribution >= 4 is 28.7 Å². The van der Waals surface area contributed by atoms with Crippen LogP contribution in [0.3, 0.4) is 0 Å². The van der Waals surface area contributed by atoms with Crippen molar-refractivity contribution in [2.75, 3.05) is 6.61 Å². The lowest BCUT2D eigenvalue weighted by atomic mass is 10.1. The molecule has 0 spiro atoms. The number of nitro benzene ring substituents is 1. The fourth-order valence-electron chi connectivity index (χ4n) is 1.89. The van der Waals surface area contributed by atoms with Gasteiger partial charge in [0.1, 0.15) is 11.1 Å². The minimum Gasteiger partial charge on any atom is -0.500 e. The zero-order valence-electron chi connectivity index (χ0n) is 12.4. The summed E-state index contributed by atoms with van der Waals surface area (Å²) >= 11 is 1.31. The molecule has 0 fully saturated rings. The molecule has 1 aromatic heterocycles. The highest BCUT2D eigenvalue weighted by Gasteiger charge is 2.20. The van der Waals surface area contributed by atoms with E-state index in [4.69, 9.17) is 4.74 Å². The molecule has 23 heavy (non-hydrogen) atoms. The average molecular weight is 331 g/mol. The Balaban J connectivity index is 2.55. The molecule has 0 aliphatic heterocycles. The van der Waals surface area contributed by atoms with Crippen molar-refractivity contribution in [2.24, 2.45) is 0 Å². The van der Waals surface area contributed by atoms with E-state index in [9.17, 15) is 20.5 Å². The number of benzene rings is 1. The molecule has 0 atom stereocenters. The zero-order chi connectivity index (χ0) is 17.0. The number of hydrogen-bond acceptors (Lipinski definition) is 7. The third-order valence-electron chi connectivity index (χ3n) is 2.85. The quantitative estimate of drug-likeness (QED) is 0.510. The Labute approximate surface area is 136 Å². The second-order valence-corrected chi connectivity index (χ2v) is 5.40. The summed E-state index contributed by atoms with van der Waals surface area (Å²) in [4.78, 5) is 14.6. The summed E-state index contributed by atoms with van der Waals surface area (Å²) < 4.78 is 5.21. The summed E-state index contributed by atoms with van der Waals surface area (Å²) in [7, 11) is 0. The third-order valence-corrected chi connectivity index (χ3v) is 3.85. The molecule has 0 unspecified atom stereocenters. The van der Waals surface area contributed by atoms with Crippen LogP contribution in [-0.4, -0.2) is 21.6 Å². The van der Waals surface area contributed by atoms with Crippen LogP contribution in [0.2, 0.25) is 0 Å². The lowest BCUT2D eigenvalue weighted by Crippen LogP contribution is -1.96. The van der Waals surface area contributed by atoms with Crippen LogP contribution in [-0.2, 0) is 0 Å². The number of aromatic nitrogens is 1. The number of thiazole rings is 1. The van der Waals surface area contributed by atoms with Crippen LogP contribution >= 0.6 is 11.3 Å². The second-order valence-electron chi connectivity index (χ2n) is 4.54. The molecule has 7 nitrogen and oxygen atoms in total. The molecule has 118 valence electrons. The minimum absolute atomic E-state index is 0.000518. The van der Waals surface area contributed by atoms with Gasteiger partial charge in [-0.1, -0.05) is 0 Å². The number of aromatic hydroxyl groups is 1. The zero-order valence-corrected chi connectivity index (χ0v) is 13.3. The van der Waals surface area contributed by atoms with Crippen molar-refractivity contribution in [1.82, 2.24) is 4.98 Å². The van der Waals surface area contributed by atoms with Crippen molar-refractivity contribution in [3.63, 3.8) is 0 Å². The average Bonchev–Trinajstić information content (AvgIpc) is 2.94. The Morgan fingerprint density at radius 3 is 2.87 bits per heavy atom. The number of phenols is 1. The highest BCUT2D eigenvalue weighted by atomic mass is 32.1. The highest BCUT2D eigenvalue weighted by Crippen LogP contribution is 2.38. The number of aryl methyl sites for hydroxylation is 1. The lowest BCUT2D eigenvalue weighted by molar-refractivity contribution is -0.386. The van der Waals surface area contributed by atoms with Gasteiger partial charge in [-0.25, -0.2) is 4.98 Å². The monoisotopic (exact) mass is 331 g/mol. The van der Waals surface area contributed by atoms with Crippen LogP contribution in [0.25, 0.3) is 11.6 Å². The SMILES string of the molecule is CCOc1cc(/C=C(/C#N)c2nc(C)cs2)cc([N+](=O)[O-])c1O. The van der Waals surface area contributed by atoms with Gasteiger partial charge in [-0.05, 0) is 31.6 Å². The number of rotatable bonds is 5. The van der Waals surface area contributed by atoms with Crippen molar-refractivity contribution in [2.45, 2.75) is 13.8 Å². The predicted octanol–water partition coefficient (Wildman–Crippen LogP) is 3.53. The number of phenolic OH excluding ortho intramolecular Hbond substituents is 1.